The number of hydrogen-bond acceptors (Lipinski definition) is 5. The van der Waals surface area contributed by atoms with Crippen molar-refractivity contribution in [2.45, 2.75) is 11.0 Å². The highest BCUT2D eigenvalue weighted by Gasteiger charge is 2.32. The number of halogens is 1. The van der Waals surface area contributed by atoms with Crippen molar-refractivity contribution in [1.82, 2.24) is 4.31 Å². The van der Waals surface area contributed by atoms with Crippen molar-refractivity contribution in [1.29, 1.82) is 5.26 Å². The zero-order valence-electron chi connectivity index (χ0n) is 9.91. The normalized spacial score (nSPS) is 20.9. The molecule has 1 aromatic carbocycles. The monoisotopic (exact) mass is 301 g/mol. The van der Waals surface area contributed by atoms with Crippen LogP contribution < -0.4 is 5.73 Å². The number of rotatable bonds is 2. The minimum atomic E-state index is -3.77. The first kappa shape index (κ1) is 14.1. The summed E-state index contributed by atoms with van der Waals surface area (Å²) in [6.07, 6.45) is -0.761. The predicted molar refractivity (Wildman–Crippen MR) is 70.0 cm³/mol. The van der Waals surface area contributed by atoms with Crippen molar-refractivity contribution in [3.8, 4) is 6.07 Å². The number of nitrogens with two attached hydrogens (primary N) is 1. The van der Waals surface area contributed by atoms with Gasteiger partial charge in [-0.05, 0) is 18.2 Å². The third-order valence-electron chi connectivity index (χ3n) is 2.75. The Morgan fingerprint density at radius 2 is 2.26 bits per heavy atom. The van der Waals surface area contributed by atoms with Crippen LogP contribution in [0.2, 0.25) is 5.02 Å². The molecule has 0 bridgehead atoms. The number of nitrogens with zero attached hydrogens (tertiary/aromatic N) is 2. The molecule has 8 heteroatoms. The molecule has 1 atom stereocenters. The van der Waals surface area contributed by atoms with Crippen LogP contribution in [0.1, 0.15) is 0 Å². The summed E-state index contributed by atoms with van der Waals surface area (Å²) < 4.78 is 31.2. The fraction of sp³-hybridized carbons (Fsp3) is 0.364. The highest BCUT2D eigenvalue weighted by molar-refractivity contribution is 7.89. The second-order valence-corrected chi connectivity index (χ2v) is 6.36. The molecule has 1 aromatic rings. The Labute approximate surface area is 116 Å². The van der Waals surface area contributed by atoms with E-state index in [2.05, 4.69) is 0 Å². The molecule has 2 N–H and O–H groups in total. The van der Waals surface area contributed by atoms with E-state index in [1.165, 1.54) is 22.5 Å². The molecule has 0 radical (unpaired) electrons. The lowest BCUT2D eigenvalue weighted by Gasteiger charge is -2.29. The molecule has 19 heavy (non-hydrogen) atoms. The molecule has 102 valence electrons. The first-order chi connectivity index (χ1) is 8.95. The predicted octanol–water partition coefficient (Wildman–Crippen LogP) is 0.835. The first-order valence-corrected chi connectivity index (χ1v) is 7.33. The number of nitriles is 1. The molecule has 1 fully saturated rings. The summed E-state index contributed by atoms with van der Waals surface area (Å²) >= 11 is 5.91. The van der Waals surface area contributed by atoms with E-state index in [9.17, 15) is 8.42 Å². The summed E-state index contributed by atoms with van der Waals surface area (Å²) in [5.74, 6) is 0. The van der Waals surface area contributed by atoms with Gasteiger partial charge in [-0.2, -0.15) is 9.57 Å². The Balaban J connectivity index is 2.37. The van der Waals surface area contributed by atoms with Gasteiger partial charge >= 0.3 is 0 Å². The fourth-order valence-corrected chi connectivity index (χ4v) is 3.71. The molecule has 2 rings (SSSR count). The third-order valence-corrected chi connectivity index (χ3v) is 5.09. The molecule has 6 nitrogen and oxygen atoms in total. The van der Waals surface area contributed by atoms with Gasteiger partial charge in [0.1, 0.15) is 4.90 Å². The molecule has 0 aromatic heterocycles. The minimum Gasteiger partial charge on any atom is -0.399 e. The molecule has 0 aliphatic carbocycles. The largest absolute Gasteiger partial charge is 0.399 e. The van der Waals surface area contributed by atoms with Crippen molar-refractivity contribution >= 4 is 27.3 Å². The standard InChI is InChI=1S/C11H12ClN3O3S/c12-10-2-1-8(14)5-11(10)19(16,17)15-3-4-18-9(6-13)7-15/h1-2,5,9H,3-4,7,14H2. The van der Waals surface area contributed by atoms with Crippen LogP contribution in [0, 0.1) is 11.3 Å². The van der Waals surface area contributed by atoms with Gasteiger partial charge in [0.15, 0.2) is 6.10 Å². The minimum absolute atomic E-state index is 0.00996. The Hall–Kier alpha value is -1.33. The smallest absolute Gasteiger partial charge is 0.244 e. The van der Waals surface area contributed by atoms with Crippen molar-refractivity contribution in [2.24, 2.45) is 0 Å². The third kappa shape index (κ3) is 2.82. The number of nitrogen functional groups attached to an aromatic ring is 1. The lowest BCUT2D eigenvalue weighted by atomic mass is 10.3. The van der Waals surface area contributed by atoms with E-state index in [4.69, 9.17) is 27.3 Å². The summed E-state index contributed by atoms with van der Waals surface area (Å²) in [5, 5.41) is 8.91. The highest BCUT2D eigenvalue weighted by atomic mass is 35.5. The maximum atomic E-state index is 12.4. The zero-order chi connectivity index (χ0) is 14.0. The van der Waals surface area contributed by atoms with Crippen LogP contribution in [0.15, 0.2) is 23.1 Å². The van der Waals surface area contributed by atoms with Crippen LogP contribution >= 0.6 is 11.6 Å². The zero-order valence-corrected chi connectivity index (χ0v) is 11.5. The molecule has 1 unspecified atom stereocenters. The molecule has 1 heterocycles. The second-order valence-electron chi connectivity index (χ2n) is 4.04. The number of anilines is 1. The summed E-state index contributed by atoms with van der Waals surface area (Å²) in [7, 11) is -3.77. The number of hydrogen-bond donors (Lipinski definition) is 1. The van der Waals surface area contributed by atoms with Crippen molar-refractivity contribution in [3.63, 3.8) is 0 Å². The maximum absolute atomic E-state index is 12.4. The van der Waals surface area contributed by atoms with E-state index in [-0.39, 0.29) is 29.6 Å². The fourth-order valence-electron chi connectivity index (χ4n) is 1.78. The van der Waals surface area contributed by atoms with E-state index in [1.807, 2.05) is 6.07 Å². The average Bonchev–Trinajstić information content (AvgIpc) is 2.41. The number of ether oxygens (including phenoxy) is 1. The Bertz CT molecular complexity index is 627. The molecular weight excluding hydrogens is 290 g/mol. The van der Waals surface area contributed by atoms with Gasteiger partial charge in [-0.15, -0.1) is 0 Å². The Morgan fingerprint density at radius 1 is 1.53 bits per heavy atom. The van der Waals surface area contributed by atoms with Crippen molar-refractivity contribution < 1.29 is 13.2 Å². The van der Waals surface area contributed by atoms with Crippen molar-refractivity contribution in [3.05, 3.63) is 23.2 Å². The highest BCUT2D eigenvalue weighted by Crippen LogP contribution is 2.27. The van der Waals surface area contributed by atoms with Gasteiger partial charge in [0.2, 0.25) is 10.0 Å². The van der Waals surface area contributed by atoms with Gasteiger partial charge in [-0.1, -0.05) is 11.6 Å². The number of morpholine rings is 1. The van der Waals surface area contributed by atoms with E-state index in [0.717, 1.165) is 0 Å². The molecule has 0 saturated carbocycles. The molecule has 0 spiro atoms. The Morgan fingerprint density at radius 3 is 2.95 bits per heavy atom. The summed E-state index contributed by atoms with van der Waals surface area (Å²) in [6, 6.07) is 6.17. The first-order valence-electron chi connectivity index (χ1n) is 5.51. The second kappa shape index (κ2) is 5.35. The van der Waals surface area contributed by atoms with Gasteiger partial charge in [-0.25, -0.2) is 8.42 Å². The summed E-state index contributed by atoms with van der Waals surface area (Å²) in [5.41, 5.74) is 5.90. The van der Waals surface area contributed by atoms with Gasteiger partial charge in [0, 0.05) is 12.2 Å². The average molecular weight is 302 g/mol. The van der Waals surface area contributed by atoms with Crippen LogP contribution in [-0.2, 0) is 14.8 Å². The SMILES string of the molecule is N#CC1CN(S(=O)(=O)c2cc(N)ccc2Cl)CCO1. The lowest BCUT2D eigenvalue weighted by Crippen LogP contribution is -2.45. The van der Waals surface area contributed by atoms with Crippen LogP contribution in [0.25, 0.3) is 0 Å². The van der Waals surface area contributed by atoms with E-state index >= 15 is 0 Å². The van der Waals surface area contributed by atoms with Gasteiger partial charge in [0.25, 0.3) is 0 Å². The number of benzene rings is 1. The Kier molecular flexibility index (Phi) is 3.96. The van der Waals surface area contributed by atoms with Crippen LogP contribution in [0.5, 0.6) is 0 Å². The lowest BCUT2D eigenvalue weighted by molar-refractivity contribution is 0.0311. The van der Waals surface area contributed by atoms with E-state index in [1.54, 1.807) is 0 Å². The molecular formula is C11H12ClN3O3S. The van der Waals surface area contributed by atoms with E-state index < -0.39 is 16.1 Å². The topological polar surface area (TPSA) is 96.4 Å². The van der Waals surface area contributed by atoms with Crippen LogP contribution in [-0.4, -0.2) is 38.5 Å². The van der Waals surface area contributed by atoms with Gasteiger partial charge in [-0.3, -0.25) is 0 Å². The quantitative estimate of drug-likeness (QED) is 0.816. The van der Waals surface area contributed by atoms with E-state index in [0.29, 0.717) is 5.69 Å². The summed E-state index contributed by atoms with van der Waals surface area (Å²) in [6.45, 7) is 0.354. The van der Waals surface area contributed by atoms with Gasteiger partial charge in [0.05, 0.1) is 24.2 Å². The molecule has 1 saturated heterocycles. The summed E-state index contributed by atoms with van der Waals surface area (Å²) in [4.78, 5) is -0.0484. The van der Waals surface area contributed by atoms with Crippen LogP contribution in [0.3, 0.4) is 0 Å². The van der Waals surface area contributed by atoms with Gasteiger partial charge < -0.3 is 10.5 Å². The van der Waals surface area contributed by atoms with Crippen LogP contribution in [0.4, 0.5) is 5.69 Å². The molecule has 1 aliphatic rings. The molecule has 0 amide bonds. The number of sulfonamides is 1. The maximum Gasteiger partial charge on any atom is 0.244 e. The molecule has 1 aliphatic heterocycles. The van der Waals surface area contributed by atoms with Crippen molar-refractivity contribution in [2.75, 3.05) is 25.4 Å².